The molecule has 0 bridgehead atoms. The third-order valence-electron chi connectivity index (χ3n) is 5.54. The predicted octanol–water partition coefficient (Wildman–Crippen LogP) is 3.34. The summed E-state index contributed by atoms with van der Waals surface area (Å²) >= 11 is 0. The molecule has 11 heteroatoms. The van der Waals surface area contributed by atoms with Crippen LogP contribution in [0, 0.1) is 6.92 Å². The van der Waals surface area contributed by atoms with Gasteiger partial charge in [-0.05, 0) is 67.9 Å². The van der Waals surface area contributed by atoms with Crippen molar-refractivity contribution in [3.63, 3.8) is 0 Å². The Morgan fingerprint density at radius 1 is 0.973 bits per heavy atom. The minimum atomic E-state index is -4.23. The van der Waals surface area contributed by atoms with Gasteiger partial charge in [-0.25, -0.2) is 8.42 Å². The average molecular weight is 528 g/mol. The van der Waals surface area contributed by atoms with Crippen molar-refractivity contribution in [2.45, 2.75) is 18.7 Å². The van der Waals surface area contributed by atoms with Crippen molar-refractivity contribution in [1.29, 1.82) is 0 Å². The van der Waals surface area contributed by atoms with Gasteiger partial charge in [0.05, 0.1) is 31.4 Å². The second-order valence-corrected chi connectivity index (χ2v) is 9.71. The molecule has 0 heterocycles. The number of nitrogens with two attached hydrogens (primary N) is 1. The summed E-state index contributed by atoms with van der Waals surface area (Å²) in [5, 5.41) is 2.68. The number of benzene rings is 3. The lowest BCUT2D eigenvalue weighted by atomic mass is 10.1. The van der Waals surface area contributed by atoms with Crippen molar-refractivity contribution in [2.24, 2.45) is 5.73 Å². The van der Waals surface area contributed by atoms with Crippen LogP contribution in [-0.2, 0) is 14.8 Å². The van der Waals surface area contributed by atoms with Gasteiger partial charge in [-0.3, -0.25) is 13.9 Å². The zero-order valence-electron chi connectivity index (χ0n) is 21.0. The Morgan fingerprint density at radius 2 is 1.65 bits per heavy atom. The molecule has 37 heavy (non-hydrogen) atoms. The fourth-order valence-corrected chi connectivity index (χ4v) is 5.09. The van der Waals surface area contributed by atoms with E-state index in [-0.39, 0.29) is 21.9 Å². The number of nitrogens with zero attached hydrogens (tertiary/aromatic N) is 1. The number of anilines is 2. The van der Waals surface area contributed by atoms with E-state index in [9.17, 15) is 18.0 Å². The molecule has 0 aliphatic heterocycles. The number of nitrogens with one attached hydrogen (secondary N) is 1. The molecule has 0 radical (unpaired) electrons. The minimum absolute atomic E-state index is 0.0984. The number of amides is 2. The first-order chi connectivity index (χ1) is 17.6. The third kappa shape index (κ3) is 6.12. The number of hydrogen-bond donors (Lipinski definition) is 2. The molecule has 0 unspecified atom stereocenters. The first-order valence-corrected chi connectivity index (χ1v) is 12.7. The van der Waals surface area contributed by atoms with Gasteiger partial charge >= 0.3 is 0 Å². The van der Waals surface area contributed by atoms with E-state index in [0.29, 0.717) is 29.4 Å². The third-order valence-corrected chi connectivity index (χ3v) is 7.31. The predicted molar refractivity (Wildman–Crippen MR) is 140 cm³/mol. The number of primary amides is 1. The Morgan fingerprint density at radius 3 is 2.24 bits per heavy atom. The van der Waals surface area contributed by atoms with Crippen LogP contribution in [0.2, 0.25) is 0 Å². The number of carbonyl (C=O) groups is 2. The van der Waals surface area contributed by atoms with Gasteiger partial charge in [0, 0.05) is 17.3 Å². The summed E-state index contributed by atoms with van der Waals surface area (Å²) in [6.45, 7) is 3.37. The number of sulfonamides is 1. The zero-order valence-corrected chi connectivity index (χ0v) is 21.8. The number of hydrogen-bond acceptors (Lipinski definition) is 7. The summed E-state index contributed by atoms with van der Waals surface area (Å²) in [5.41, 5.74) is 6.71. The number of methoxy groups -OCH3 is 2. The molecule has 196 valence electrons. The topological polar surface area (TPSA) is 137 Å². The van der Waals surface area contributed by atoms with Crippen LogP contribution < -0.4 is 29.6 Å². The lowest BCUT2D eigenvalue weighted by Gasteiger charge is -2.25. The van der Waals surface area contributed by atoms with Crippen LogP contribution in [0.3, 0.4) is 0 Å². The van der Waals surface area contributed by atoms with E-state index in [2.05, 4.69) is 5.32 Å². The first kappa shape index (κ1) is 27.3. The molecule has 10 nitrogen and oxygen atoms in total. The molecule has 3 N–H and O–H groups in total. The normalized spacial score (nSPS) is 10.9. The van der Waals surface area contributed by atoms with Crippen LogP contribution in [-0.4, -0.2) is 47.6 Å². The quantitative estimate of drug-likeness (QED) is 0.390. The second kappa shape index (κ2) is 11.7. The molecule has 0 fully saturated rings. The van der Waals surface area contributed by atoms with Gasteiger partial charge in [-0.2, -0.15) is 0 Å². The highest BCUT2D eigenvalue weighted by molar-refractivity contribution is 7.92. The van der Waals surface area contributed by atoms with Gasteiger partial charge in [0.15, 0.2) is 11.5 Å². The molecule has 3 aromatic carbocycles. The summed E-state index contributed by atoms with van der Waals surface area (Å²) in [6, 6.07) is 15.2. The highest BCUT2D eigenvalue weighted by Gasteiger charge is 2.29. The molecule has 0 saturated heterocycles. The van der Waals surface area contributed by atoms with Crippen LogP contribution >= 0.6 is 0 Å². The molecular weight excluding hydrogens is 498 g/mol. The molecule has 3 aromatic rings. The van der Waals surface area contributed by atoms with E-state index in [0.717, 1.165) is 4.31 Å². The summed E-state index contributed by atoms with van der Waals surface area (Å²) in [4.78, 5) is 24.7. The Labute approximate surface area is 216 Å². The van der Waals surface area contributed by atoms with Gasteiger partial charge in [-0.15, -0.1) is 0 Å². The molecule has 2 amide bonds. The molecule has 0 aliphatic carbocycles. The minimum Gasteiger partial charge on any atom is -0.494 e. The fourth-order valence-electron chi connectivity index (χ4n) is 3.65. The largest absolute Gasteiger partial charge is 0.494 e. The van der Waals surface area contributed by atoms with E-state index in [1.807, 2.05) is 6.92 Å². The fraction of sp³-hybridized carbons (Fsp3) is 0.231. The highest BCUT2D eigenvalue weighted by atomic mass is 32.2. The number of rotatable bonds is 11. The molecular formula is C26H29N3O7S. The van der Waals surface area contributed by atoms with E-state index in [1.54, 1.807) is 49.4 Å². The van der Waals surface area contributed by atoms with Crippen LogP contribution in [0.4, 0.5) is 11.4 Å². The van der Waals surface area contributed by atoms with Gasteiger partial charge in [0.1, 0.15) is 12.3 Å². The van der Waals surface area contributed by atoms with E-state index >= 15 is 0 Å². The van der Waals surface area contributed by atoms with E-state index in [1.165, 1.54) is 32.4 Å². The average Bonchev–Trinajstić information content (AvgIpc) is 2.88. The van der Waals surface area contributed by atoms with E-state index < -0.39 is 28.4 Å². The Balaban J connectivity index is 2.01. The van der Waals surface area contributed by atoms with Gasteiger partial charge in [-0.1, -0.05) is 6.07 Å². The summed E-state index contributed by atoms with van der Waals surface area (Å²) in [5.74, 6) is -0.128. The van der Waals surface area contributed by atoms with Crippen molar-refractivity contribution in [3.8, 4) is 17.2 Å². The summed E-state index contributed by atoms with van der Waals surface area (Å²) in [6.07, 6.45) is 0. The maximum Gasteiger partial charge on any atom is 0.264 e. The van der Waals surface area contributed by atoms with Crippen molar-refractivity contribution < 1.29 is 32.2 Å². The SMILES string of the molecule is CCOc1ccc(N(CC(=O)Nc2cccc(C(N)=O)c2C)S(=O)(=O)c2ccc(OC)c(OC)c2)cc1. The molecule has 3 rings (SSSR count). The van der Waals surface area contributed by atoms with Gasteiger partial charge in [0.2, 0.25) is 11.8 Å². The lowest BCUT2D eigenvalue weighted by Crippen LogP contribution is -2.38. The monoisotopic (exact) mass is 527 g/mol. The molecule has 0 aromatic heterocycles. The molecule has 0 aliphatic rings. The number of ether oxygens (including phenoxy) is 3. The second-order valence-electron chi connectivity index (χ2n) is 7.85. The summed E-state index contributed by atoms with van der Waals surface area (Å²) < 4.78 is 44.4. The van der Waals surface area contributed by atoms with Crippen molar-refractivity contribution >= 4 is 33.2 Å². The van der Waals surface area contributed by atoms with E-state index in [4.69, 9.17) is 19.9 Å². The van der Waals surface area contributed by atoms with Crippen LogP contribution in [0.1, 0.15) is 22.8 Å². The van der Waals surface area contributed by atoms with Crippen LogP contribution in [0.15, 0.2) is 65.6 Å². The Kier molecular flexibility index (Phi) is 8.61. The van der Waals surface area contributed by atoms with Crippen LogP contribution in [0.25, 0.3) is 0 Å². The van der Waals surface area contributed by atoms with Crippen LogP contribution in [0.5, 0.6) is 17.2 Å². The Bertz CT molecular complexity index is 1390. The number of carbonyl (C=O) groups excluding carboxylic acids is 2. The van der Waals surface area contributed by atoms with Gasteiger partial charge < -0.3 is 25.3 Å². The maximum atomic E-state index is 13.8. The van der Waals surface area contributed by atoms with Crippen molar-refractivity contribution in [2.75, 3.05) is 37.0 Å². The zero-order chi connectivity index (χ0) is 27.2. The van der Waals surface area contributed by atoms with Crippen molar-refractivity contribution in [1.82, 2.24) is 0 Å². The molecule has 0 atom stereocenters. The standard InChI is InChI=1S/C26H29N3O7S/c1-5-36-19-11-9-18(10-12-19)29(37(32,33)20-13-14-23(34-3)24(15-20)35-4)16-25(30)28-22-8-6-7-21(17(22)2)26(27)31/h6-15H,5,16H2,1-4H3,(H2,27,31)(H,28,30). The molecule has 0 spiro atoms. The highest BCUT2D eigenvalue weighted by Crippen LogP contribution is 2.32. The van der Waals surface area contributed by atoms with Gasteiger partial charge in [0.25, 0.3) is 10.0 Å². The lowest BCUT2D eigenvalue weighted by molar-refractivity contribution is -0.114. The smallest absolute Gasteiger partial charge is 0.264 e. The molecule has 0 saturated carbocycles. The van der Waals surface area contributed by atoms with Crippen molar-refractivity contribution in [3.05, 3.63) is 71.8 Å². The Hall–Kier alpha value is -4.25. The first-order valence-electron chi connectivity index (χ1n) is 11.3. The maximum absolute atomic E-state index is 13.8. The summed E-state index contributed by atoms with van der Waals surface area (Å²) in [7, 11) is -1.39.